The van der Waals surface area contributed by atoms with Crippen molar-refractivity contribution in [1.29, 1.82) is 0 Å². The van der Waals surface area contributed by atoms with Crippen LogP contribution in [0.25, 0.3) is 11.0 Å². The fraction of sp³-hybridized carbons (Fsp3) is 0.200. The monoisotopic (exact) mass is 207 g/mol. The molecule has 0 aromatic carbocycles. The van der Waals surface area contributed by atoms with E-state index >= 15 is 0 Å². The first-order chi connectivity index (χ1) is 7.02. The Morgan fingerprint density at radius 2 is 2.20 bits per heavy atom. The van der Waals surface area contributed by atoms with Crippen molar-refractivity contribution in [2.45, 2.75) is 6.92 Å². The highest BCUT2D eigenvalue weighted by atomic mass is 16.4. The summed E-state index contributed by atoms with van der Waals surface area (Å²) >= 11 is 0. The number of aromatic nitrogens is 1. The third kappa shape index (κ3) is 1.24. The number of fused-ring (bicyclic) bond motifs is 1. The fourth-order valence-corrected chi connectivity index (χ4v) is 1.60. The number of carbonyl (C=O) groups is 1. The maximum absolute atomic E-state index is 11.7. The van der Waals surface area contributed by atoms with E-state index in [-0.39, 0.29) is 16.5 Å². The van der Waals surface area contributed by atoms with E-state index in [1.54, 1.807) is 20.2 Å². The maximum atomic E-state index is 11.7. The van der Waals surface area contributed by atoms with Gasteiger partial charge in [-0.25, -0.2) is 4.79 Å². The van der Waals surface area contributed by atoms with Gasteiger partial charge in [0.15, 0.2) is 0 Å². The quantitative estimate of drug-likeness (QED) is 0.760. The smallest absolute Gasteiger partial charge is 0.339 e. The number of rotatable bonds is 1. The Kier molecular flexibility index (Phi) is 1.89. The van der Waals surface area contributed by atoms with Gasteiger partial charge in [0.05, 0.1) is 0 Å². The average molecular weight is 207 g/mol. The van der Waals surface area contributed by atoms with Crippen LogP contribution in [-0.2, 0) is 7.05 Å². The van der Waals surface area contributed by atoms with Gasteiger partial charge in [0.1, 0.15) is 22.8 Å². The van der Waals surface area contributed by atoms with Crippen LogP contribution in [0.1, 0.15) is 15.9 Å². The van der Waals surface area contributed by atoms with Crippen LogP contribution < -0.4 is 5.56 Å². The van der Waals surface area contributed by atoms with E-state index in [9.17, 15) is 9.59 Å². The highest BCUT2D eigenvalue weighted by Crippen LogP contribution is 2.20. The van der Waals surface area contributed by atoms with Gasteiger partial charge in [-0.05, 0) is 6.92 Å². The summed E-state index contributed by atoms with van der Waals surface area (Å²) in [6, 6.07) is 0. The first-order valence-corrected chi connectivity index (χ1v) is 4.33. The molecule has 0 fully saturated rings. The lowest BCUT2D eigenvalue weighted by Crippen LogP contribution is -2.17. The molecule has 0 aliphatic carbocycles. The van der Waals surface area contributed by atoms with Crippen molar-refractivity contribution < 1.29 is 14.3 Å². The lowest BCUT2D eigenvalue weighted by molar-refractivity contribution is 0.0698. The van der Waals surface area contributed by atoms with Crippen molar-refractivity contribution in [2.24, 2.45) is 7.05 Å². The number of pyridine rings is 1. The van der Waals surface area contributed by atoms with Crippen molar-refractivity contribution in [3.63, 3.8) is 0 Å². The first-order valence-electron chi connectivity index (χ1n) is 4.33. The standard InChI is InChI=1S/C10H9NO4/c1-5-3-11(2)9(12)7-6(10(13)14)4-15-8(5)7/h3-4H,1-2H3,(H,13,14). The largest absolute Gasteiger partial charge is 0.478 e. The number of carboxylic acid groups (broad SMARTS) is 1. The van der Waals surface area contributed by atoms with Crippen LogP contribution in [0.2, 0.25) is 0 Å². The molecule has 2 aromatic rings. The van der Waals surface area contributed by atoms with E-state index in [0.717, 1.165) is 11.8 Å². The SMILES string of the molecule is Cc1cn(C)c(=O)c2c(C(=O)O)coc12. The van der Waals surface area contributed by atoms with Crippen LogP contribution in [0.3, 0.4) is 0 Å². The third-order valence-electron chi connectivity index (χ3n) is 2.30. The highest BCUT2D eigenvalue weighted by molar-refractivity contribution is 6.02. The Morgan fingerprint density at radius 3 is 2.80 bits per heavy atom. The van der Waals surface area contributed by atoms with Gasteiger partial charge in [-0.2, -0.15) is 0 Å². The number of aryl methyl sites for hydroxylation is 2. The van der Waals surface area contributed by atoms with Crippen LogP contribution in [0, 0.1) is 6.92 Å². The normalized spacial score (nSPS) is 10.8. The lowest BCUT2D eigenvalue weighted by atomic mass is 10.2. The molecule has 0 atom stereocenters. The molecule has 0 saturated heterocycles. The van der Waals surface area contributed by atoms with Gasteiger partial charge in [0.25, 0.3) is 5.56 Å². The molecule has 78 valence electrons. The zero-order valence-corrected chi connectivity index (χ0v) is 8.27. The zero-order chi connectivity index (χ0) is 11.2. The Bertz CT molecular complexity index is 606. The maximum Gasteiger partial charge on any atom is 0.339 e. The van der Waals surface area contributed by atoms with E-state index in [2.05, 4.69) is 0 Å². The van der Waals surface area contributed by atoms with E-state index in [4.69, 9.17) is 9.52 Å². The molecule has 0 unspecified atom stereocenters. The van der Waals surface area contributed by atoms with Crippen molar-refractivity contribution in [1.82, 2.24) is 4.57 Å². The molecule has 0 amide bonds. The highest BCUT2D eigenvalue weighted by Gasteiger charge is 2.17. The second-order valence-electron chi connectivity index (χ2n) is 3.39. The van der Waals surface area contributed by atoms with Crippen molar-refractivity contribution in [3.8, 4) is 0 Å². The average Bonchev–Trinajstić information content (AvgIpc) is 2.58. The van der Waals surface area contributed by atoms with Gasteiger partial charge in [-0.1, -0.05) is 0 Å². The van der Waals surface area contributed by atoms with Gasteiger partial charge in [-0.3, -0.25) is 4.79 Å². The number of carboxylic acids is 1. The zero-order valence-electron chi connectivity index (χ0n) is 8.27. The van der Waals surface area contributed by atoms with E-state index in [0.29, 0.717) is 5.58 Å². The minimum Gasteiger partial charge on any atom is -0.478 e. The lowest BCUT2D eigenvalue weighted by Gasteiger charge is -2.00. The molecule has 2 aromatic heterocycles. The summed E-state index contributed by atoms with van der Waals surface area (Å²) in [7, 11) is 1.58. The summed E-state index contributed by atoms with van der Waals surface area (Å²) in [5, 5.41) is 9.00. The van der Waals surface area contributed by atoms with Crippen molar-refractivity contribution in [2.75, 3.05) is 0 Å². The molecule has 0 bridgehead atoms. The summed E-state index contributed by atoms with van der Waals surface area (Å²) in [6.07, 6.45) is 2.71. The number of hydrogen-bond donors (Lipinski definition) is 1. The minimum absolute atomic E-state index is 0.0886. The van der Waals surface area contributed by atoms with Crippen molar-refractivity contribution in [3.05, 3.63) is 33.9 Å². The Morgan fingerprint density at radius 1 is 1.53 bits per heavy atom. The fourth-order valence-electron chi connectivity index (χ4n) is 1.60. The van der Waals surface area contributed by atoms with E-state index in [1.807, 2.05) is 0 Å². The van der Waals surface area contributed by atoms with Gasteiger partial charge in [-0.15, -0.1) is 0 Å². The Hall–Kier alpha value is -2.04. The van der Waals surface area contributed by atoms with Crippen LogP contribution in [0.15, 0.2) is 21.7 Å². The van der Waals surface area contributed by atoms with Gasteiger partial charge in [0, 0.05) is 18.8 Å². The number of aromatic carboxylic acids is 1. The number of furan rings is 1. The molecule has 0 radical (unpaired) electrons. The molecule has 15 heavy (non-hydrogen) atoms. The molecule has 2 rings (SSSR count). The molecule has 5 nitrogen and oxygen atoms in total. The molecule has 2 heterocycles. The van der Waals surface area contributed by atoms with Gasteiger partial charge < -0.3 is 14.1 Å². The second-order valence-corrected chi connectivity index (χ2v) is 3.39. The molecular weight excluding hydrogens is 198 g/mol. The minimum atomic E-state index is -1.16. The molecule has 0 saturated carbocycles. The van der Waals surface area contributed by atoms with E-state index < -0.39 is 5.97 Å². The molecule has 0 spiro atoms. The topological polar surface area (TPSA) is 72.4 Å². The number of nitrogens with zero attached hydrogens (tertiary/aromatic N) is 1. The molecule has 1 N–H and O–H groups in total. The molecule has 5 heteroatoms. The summed E-state index contributed by atoms with van der Waals surface area (Å²) in [5.74, 6) is -1.16. The predicted molar refractivity (Wildman–Crippen MR) is 53.2 cm³/mol. The second kappa shape index (κ2) is 2.98. The summed E-state index contributed by atoms with van der Waals surface area (Å²) < 4.78 is 6.43. The summed E-state index contributed by atoms with van der Waals surface area (Å²) in [5.41, 5.74) is 0.631. The van der Waals surface area contributed by atoms with Crippen LogP contribution in [-0.4, -0.2) is 15.6 Å². The Labute approximate surface area is 84.5 Å². The van der Waals surface area contributed by atoms with Gasteiger partial charge >= 0.3 is 5.97 Å². The first kappa shape index (κ1) is 9.51. The van der Waals surface area contributed by atoms with Crippen LogP contribution in [0.4, 0.5) is 0 Å². The summed E-state index contributed by atoms with van der Waals surface area (Å²) in [4.78, 5) is 22.5. The van der Waals surface area contributed by atoms with Crippen LogP contribution in [0.5, 0.6) is 0 Å². The molecule has 0 aliphatic rings. The van der Waals surface area contributed by atoms with Crippen molar-refractivity contribution >= 4 is 16.9 Å². The predicted octanol–water partition coefficient (Wildman–Crippen LogP) is 1.14. The van der Waals surface area contributed by atoms with Crippen LogP contribution >= 0.6 is 0 Å². The number of hydrogen-bond acceptors (Lipinski definition) is 3. The molecular formula is C10H9NO4. The summed E-state index contributed by atoms with van der Waals surface area (Å²) in [6.45, 7) is 1.76. The third-order valence-corrected chi connectivity index (χ3v) is 2.30. The Balaban J connectivity index is 3.02. The van der Waals surface area contributed by atoms with E-state index in [1.165, 1.54) is 4.57 Å². The molecule has 0 aliphatic heterocycles. The van der Waals surface area contributed by atoms with Gasteiger partial charge in [0.2, 0.25) is 0 Å².